The third-order valence-electron chi connectivity index (χ3n) is 2.34. The van der Waals surface area contributed by atoms with Gasteiger partial charge in [0.15, 0.2) is 0 Å². The van der Waals surface area contributed by atoms with Crippen LogP contribution in [0.25, 0.3) is 5.57 Å². The first-order valence-corrected chi connectivity index (χ1v) is 6.62. The van der Waals surface area contributed by atoms with Crippen LogP contribution in [0.4, 0.5) is 13.2 Å². The molecular formula is C13H12F3NO3S. The highest BCUT2D eigenvalue weighted by Crippen LogP contribution is 2.39. The molecule has 0 saturated heterocycles. The molecule has 0 bridgehead atoms. The van der Waals surface area contributed by atoms with Gasteiger partial charge in [0.2, 0.25) is 0 Å². The third-order valence-corrected chi connectivity index (χ3v) is 3.46. The lowest BCUT2D eigenvalue weighted by Gasteiger charge is -2.14. The Hall–Kier alpha value is -1.96. The third kappa shape index (κ3) is 5.14. The molecule has 0 amide bonds. The first-order valence-electron chi connectivity index (χ1n) is 5.64. The van der Waals surface area contributed by atoms with Crippen LogP contribution in [-0.2, 0) is 9.53 Å². The van der Waals surface area contributed by atoms with Gasteiger partial charge in [0.05, 0.1) is 24.0 Å². The molecule has 0 aromatic heterocycles. The molecule has 0 radical (unpaired) electrons. The number of esters is 1. The molecule has 0 atom stereocenters. The molecule has 0 unspecified atom stereocenters. The SMILES string of the molecule is COC(=O)CS/C(=C(\C=NO)c1ccccc1)C(F)(F)F. The Balaban J connectivity index is 3.29. The number of halogens is 3. The van der Waals surface area contributed by atoms with Crippen LogP contribution in [0, 0.1) is 0 Å². The zero-order valence-electron chi connectivity index (χ0n) is 10.9. The molecule has 1 aromatic carbocycles. The standard InChI is InChI=1S/C13H12F3NO3S/c1-20-11(18)8-21-12(13(14,15)16)10(7-17-19)9-5-3-2-4-6-9/h2-7,19H,8H2,1H3/b12-10+,17-7?. The monoisotopic (exact) mass is 319 g/mol. The van der Waals surface area contributed by atoms with Crippen LogP contribution in [0.3, 0.4) is 0 Å². The molecule has 1 N–H and O–H groups in total. The molecule has 0 aliphatic rings. The number of hydrogen-bond donors (Lipinski definition) is 1. The molecule has 8 heteroatoms. The van der Waals surface area contributed by atoms with E-state index >= 15 is 0 Å². The zero-order chi connectivity index (χ0) is 15.9. The van der Waals surface area contributed by atoms with E-state index in [1.165, 1.54) is 12.1 Å². The first kappa shape index (κ1) is 17.1. The lowest BCUT2D eigenvalue weighted by molar-refractivity contribution is -0.137. The van der Waals surface area contributed by atoms with Crippen LogP contribution in [-0.4, -0.2) is 36.4 Å². The van der Waals surface area contributed by atoms with Crippen LogP contribution in [0.1, 0.15) is 5.56 Å². The van der Waals surface area contributed by atoms with Crippen molar-refractivity contribution in [2.24, 2.45) is 5.16 Å². The van der Waals surface area contributed by atoms with E-state index in [0.29, 0.717) is 6.21 Å². The fourth-order valence-corrected chi connectivity index (χ4v) is 2.31. The summed E-state index contributed by atoms with van der Waals surface area (Å²) in [7, 11) is 1.09. The first-order chi connectivity index (χ1) is 9.90. The summed E-state index contributed by atoms with van der Waals surface area (Å²) in [5, 5.41) is 11.3. The van der Waals surface area contributed by atoms with Crippen molar-refractivity contribution in [2.45, 2.75) is 6.18 Å². The molecule has 1 aromatic rings. The maximum Gasteiger partial charge on any atom is 0.422 e. The van der Waals surface area contributed by atoms with Crippen molar-refractivity contribution in [2.75, 3.05) is 12.9 Å². The molecule has 4 nitrogen and oxygen atoms in total. The van der Waals surface area contributed by atoms with Gasteiger partial charge in [-0.05, 0) is 5.56 Å². The van der Waals surface area contributed by atoms with Gasteiger partial charge >= 0.3 is 12.1 Å². The molecule has 0 saturated carbocycles. The molecular weight excluding hydrogens is 307 g/mol. The predicted molar refractivity (Wildman–Crippen MR) is 74.2 cm³/mol. The maximum absolute atomic E-state index is 13.2. The maximum atomic E-state index is 13.2. The molecule has 21 heavy (non-hydrogen) atoms. The van der Waals surface area contributed by atoms with Gasteiger partial charge in [-0.2, -0.15) is 13.2 Å². The minimum Gasteiger partial charge on any atom is -0.468 e. The number of alkyl halides is 3. The van der Waals surface area contributed by atoms with Crippen molar-refractivity contribution in [3.8, 4) is 0 Å². The van der Waals surface area contributed by atoms with Crippen molar-refractivity contribution in [3.05, 3.63) is 40.8 Å². The second kappa shape index (κ2) is 7.72. The molecule has 0 aliphatic heterocycles. The summed E-state index contributed by atoms with van der Waals surface area (Å²) in [6.45, 7) is 0. The van der Waals surface area contributed by atoms with Crippen LogP contribution >= 0.6 is 11.8 Å². The second-order valence-corrected chi connectivity index (χ2v) is 4.70. The van der Waals surface area contributed by atoms with E-state index in [1.807, 2.05) is 0 Å². The summed E-state index contributed by atoms with van der Waals surface area (Å²) in [6, 6.07) is 7.65. The van der Waals surface area contributed by atoms with Crippen molar-refractivity contribution >= 4 is 29.5 Å². The molecule has 0 heterocycles. The lowest BCUT2D eigenvalue weighted by atomic mass is 10.1. The fraction of sp³-hybridized carbons (Fsp3) is 0.231. The van der Waals surface area contributed by atoms with E-state index in [0.717, 1.165) is 7.11 Å². The Morgan fingerprint density at radius 3 is 2.48 bits per heavy atom. The van der Waals surface area contributed by atoms with E-state index in [9.17, 15) is 18.0 Å². The second-order valence-electron chi connectivity index (χ2n) is 3.72. The predicted octanol–water partition coefficient (Wildman–Crippen LogP) is 3.33. The minimum absolute atomic E-state index is 0.222. The fourth-order valence-electron chi connectivity index (χ4n) is 1.44. The Bertz CT molecular complexity index is 541. The zero-order valence-corrected chi connectivity index (χ0v) is 11.7. The van der Waals surface area contributed by atoms with Crippen LogP contribution < -0.4 is 0 Å². The quantitative estimate of drug-likeness (QED) is 0.391. The normalized spacial score (nSPS) is 13.1. The number of hydrogen-bond acceptors (Lipinski definition) is 5. The number of oxime groups is 1. The number of carbonyl (C=O) groups is 1. The number of nitrogens with zero attached hydrogens (tertiary/aromatic N) is 1. The number of rotatable bonds is 5. The summed E-state index contributed by atoms with van der Waals surface area (Å²) in [4.78, 5) is 10.0. The van der Waals surface area contributed by atoms with Gasteiger partial charge in [-0.25, -0.2) is 0 Å². The Morgan fingerprint density at radius 1 is 1.38 bits per heavy atom. The van der Waals surface area contributed by atoms with Gasteiger partial charge in [0, 0.05) is 5.57 Å². The largest absolute Gasteiger partial charge is 0.468 e. The number of carbonyl (C=O) groups excluding carboxylic acids is 1. The van der Waals surface area contributed by atoms with Gasteiger partial charge in [-0.3, -0.25) is 4.79 Å². The summed E-state index contributed by atoms with van der Waals surface area (Å²) >= 11 is 0.282. The van der Waals surface area contributed by atoms with Crippen LogP contribution in [0.15, 0.2) is 40.4 Å². The van der Waals surface area contributed by atoms with Crippen molar-refractivity contribution in [1.29, 1.82) is 0 Å². The number of ether oxygens (including phenoxy) is 1. The highest BCUT2D eigenvalue weighted by molar-refractivity contribution is 8.04. The van der Waals surface area contributed by atoms with E-state index in [2.05, 4.69) is 9.89 Å². The smallest absolute Gasteiger partial charge is 0.422 e. The Morgan fingerprint density at radius 2 is 2.00 bits per heavy atom. The summed E-state index contributed by atoms with van der Waals surface area (Å²) in [5.41, 5.74) is -0.0977. The number of thioether (sulfide) groups is 1. The molecule has 114 valence electrons. The summed E-state index contributed by atoms with van der Waals surface area (Å²) < 4.78 is 43.8. The number of benzene rings is 1. The van der Waals surface area contributed by atoms with Crippen LogP contribution in [0.5, 0.6) is 0 Å². The highest BCUT2D eigenvalue weighted by atomic mass is 32.2. The van der Waals surface area contributed by atoms with E-state index in [1.54, 1.807) is 18.2 Å². The number of methoxy groups -OCH3 is 1. The number of allylic oxidation sites excluding steroid dienone is 2. The van der Waals surface area contributed by atoms with Gasteiger partial charge in [-0.15, -0.1) is 11.8 Å². The van der Waals surface area contributed by atoms with E-state index in [4.69, 9.17) is 5.21 Å². The highest BCUT2D eigenvalue weighted by Gasteiger charge is 2.37. The van der Waals surface area contributed by atoms with E-state index < -0.39 is 22.8 Å². The lowest BCUT2D eigenvalue weighted by Crippen LogP contribution is -2.15. The average Bonchev–Trinajstić information content (AvgIpc) is 2.45. The van der Waals surface area contributed by atoms with Gasteiger partial charge < -0.3 is 9.94 Å². The van der Waals surface area contributed by atoms with Crippen LogP contribution in [0.2, 0.25) is 0 Å². The summed E-state index contributed by atoms with van der Waals surface area (Å²) in [5.74, 6) is -1.28. The van der Waals surface area contributed by atoms with Gasteiger partial charge in [-0.1, -0.05) is 35.5 Å². The van der Waals surface area contributed by atoms with Crippen molar-refractivity contribution in [1.82, 2.24) is 0 Å². The molecule has 0 fully saturated rings. The topological polar surface area (TPSA) is 58.9 Å². The molecule has 1 rings (SSSR count). The minimum atomic E-state index is -4.69. The van der Waals surface area contributed by atoms with Gasteiger partial charge in [0.25, 0.3) is 0 Å². The average molecular weight is 319 g/mol. The summed E-state index contributed by atoms with van der Waals surface area (Å²) in [6.07, 6.45) is -3.99. The van der Waals surface area contributed by atoms with Crippen molar-refractivity contribution < 1.29 is 27.9 Å². The molecule has 0 spiro atoms. The van der Waals surface area contributed by atoms with Gasteiger partial charge in [0.1, 0.15) is 0 Å². The Labute approximate surface area is 123 Å². The Kier molecular flexibility index (Phi) is 6.29. The van der Waals surface area contributed by atoms with Crippen molar-refractivity contribution in [3.63, 3.8) is 0 Å². The van der Waals surface area contributed by atoms with E-state index in [-0.39, 0.29) is 22.9 Å². The molecule has 0 aliphatic carbocycles.